The Labute approximate surface area is 125 Å². The van der Waals surface area contributed by atoms with Crippen LogP contribution < -0.4 is 0 Å². The van der Waals surface area contributed by atoms with Gasteiger partial charge in [0.05, 0.1) is 6.26 Å². The summed E-state index contributed by atoms with van der Waals surface area (Å²) in [5.74, 6) is 1.46. The smallest absolute Gasteiger partial charge is 0.243 e. The van der Waals surface area contributed by atoms with Crippen LogP contribution in [0.4, 0.5) is 0 Å². The number of carbonyl (C=O) groups is 1. The minimum atomic E-state index is -0.109. The van der Waals surface area contributed by atoms with Gasteiger partial charge in [0.25, 0.3) is 0 Å². The van der Waals surface area contributed by atoms with E-state index >= 15 is 0 Å². The molecule has 0 radical (unpaired) electrons. The maximum atomic E-state index is 12.3. The highest BCUT2D eigenvalue weighted by molar-refractivity contribution is 5.94. The van der Waals surface area contributed by atoms with Crippen molar-refractivity contribution in [2.24, 2.45) is 16.9 Å². The number of piperidine rings is 1. The minimum Gasteiger partial charge on any atom is -0.467 e. The zero-order valence-corrected chi connectivity index (χ0v) is 13.1. The van der Waals surface area contributed by atoms with Gasteiger partial charge in [-0.15, -0.1) is 0 Å². The molecule has 1 aromatic rings. The van der Waals surface area contributed by atoms with Gasteiger partial charge >= 0.3 is 0 Å². The second-order valence-electron chi connectivity index (χ2n) is 6.18. The molecule has 0 aromatic carbocycles. The molecule has 1 amide bonds. The standard InChI is InChI=1S/C16H23N3O2/c1-5-13(20)19-16(12-7-6-8-21-12)14-11(3)18(4)9-10(2)15(14)17-19/h6-8,10-11,14,16H,5,9H2,1-4H3/t10-,11-,14+,16-/m1/s1. The molecule has 1 aromatic heterocycles. The molecule has 114 valence electrons. The average Bonchev–Trinajstić information content (AvgIpc) is 3.10. The second kappa shape index (κ2) is 5.30. The lowest BCUT2D eigenvalue weighted by Gasteiger charge is -2.40. The summed E-state index contributed by atoms with van der Waals surface area (Å²) in [6.07, 6.45) is 2.13. The molecular weight excluding hydrogens is 266 g/mol. The van der Waals surface area contributed by atoms with Crippen LogP contribution in [0.15, 0.2) is 27.9 Å². The average molecular weight is 289 g/mol. The predicted octanol–water partition coefficient (Wildman–Crippen LogP) is 2.52. The van der Waals surface area contributed by atoms with Gasteiger partial charge in [-0.25, -0.2) is 5.01 Å². The molecule has 4 atom stereocenters. The van der Waals surface area contributed by atoms with Gasteiger partial charge < -0.3 is 9.32 Å². The van der Waals surface area contributed by atoms with Crippen LogP contribution in [0.1, 0.15) is 39.0 Å². The van der Waals surface area contributed by atoms with Crippen molar-refractivity contribution in [3.8, 4) is 0 Å². The van der Waals surface area contributed by atoms with Crippen molar-refractivity contribution in [3.63, 3.8) is 0 Å². The molecular formula is C16H23N3O2. The van der Waals surface area contributed by atoms with Gasteiger partial charge in [0, 0.05) is 36.6 Å². The molecule has 0 N–H and O–H groups in total. The zero-order valence-electron chi connectivity index (χ0n) is 13.1. The van der Waals surface area contributed by atoms with E-state index in [1.54, 1.807) is 11.3 Å². The molecule has 21 heavy (non-hydrogen) atoms. The van der Waals surface area contributed by atoms with Crippen molar-refractivity contribution in [2.75, 3.05) is 13.6 Å². The Kier molecular flexibility index (Phi) is 3.61. The van der Waals surface area contributed by atoms with Crippen LogP contribution in [0.25, 0.3) is 0 Å². The Bertz CT molecular complexity index is 552. The van der Waals surface area contributed by atoms with Crippen LogP contribution in [-0.4, -0.2) is 41.2 Å². The number of hydrazone groups is 1. The first-order chi connectivity index (χ1) is 10.0. The molecule has 2 aliphatic heterocycles. The third-order valence-corrected chi connectivity index (χ3v) is 4.84. The SMILES string of the molecule is CCC(=O)N1N=C2[C@H]([C@@H](C)N(C)C[C@H]2C)[C@H]1c1ccco1. The van der Waals surface area contributed by atoms with Crippen LogP contribution in [-0.2, 0) is 4.79 Å². The Morgan fingerprint density at radius 1 is 1.48 bits per heavy atom. The third-order valence-electron chi connectivity index (χ3n) is 4.84. The molecule has 5 heteroatoms. The molecule has 1 saturated heterocycles. The first-order valence-corrected chi connectivity index (χ1v) is 7.68. The van der Waals surface area contributed by atoms with E-state index in [9.17, 15) is 4.79 Å². The number of amides is 1. The lowest BCUT2D eigenvalue weighted by atomic mass is 9.78. The van der Waals surface area contributed by atoms with Gasteiger partial charge in [0.2, 0.25) is 5.91 Å². The molecule has 2 aliphatic rings. The van der Waals surface area contributed by atoms with Gasteiger partial charge in [0.15, 0.2) is 0 Å². The fourth-order valence-corrected chi connectivity index (χ4v) is 3.60. The van der Waals surface area contributed by atoms with Crippen LogP contribution in [0.5, 0.6) is 0 Å². The first-order valence-electron chi connectivity index (χ1n) is 7.68. The van der Waals surface area contributed by atoms with Crippen molar-refractivity contribution in [2.45, 2.75) is 39.3 Å². The second-order valence-corrected chi connectivity index (χ2v) is 6.18. The molecule has 3 heterocycles. The first kappa shape index (κ1) is 14.3. The molecule has 3 rings (SSSR count). The normalized spacial score (nSPS) is 33.0. The van der Waals surface area contributed by atoms with E-state index in [2.05, 4.69) is 25.8 Å². The van der Waals surface area contributed by atoms with Gasteiger partial charge in [-0.1, -0.05) is 13.8 Å². The topological polar surface area (TPSA) is 49.1 Å². The largest absolute Gasteiger partial charge is 0.467 e. The summed E-state index contributed by atoms with van der Waals surface area (Å²) in [5.41, 5.74) is 1.14. The monoisotopic (exact) mass is 289 g/mol. The van der Waals surface area contributed by atoms with E-state index in [-0.39, 0.29) is 17.9 Å². The van der Waals surface area contributed by atoms with Gasteiger partial charge in [-0.3, -0.25) is 4.79 Å². The summed E-state index contributed by atoms with van der Waals surface area (Å²) in [6, 6.07) is 4.06. The Morgan fingerprint density at radius 3 is 2.86 bits per heavy atom. The van der Waals surface area contributed by atoms with Crippen molar-refractivity contribution < 1.29 is 9.21 Å². The number of fused-ring (bicyclic) bond motifs is 1. The minimum absolute atomic E-state index is 0.0559. The van der Waals surface area contributed by atoms with Crippen molar-refractivity contribution in [1.82, 2.24) is 9.91 Å². The third kappa shape index (κ3) is 2.20. The Morgan fingerprint density at radius 2 is 2.24 bits per heavy atom. The van der Waals surface area contributed by atoms with Crippen LogP contribution in [0.2, 0.25) is 0 Å². The van der Waals surface area contributed by atoms with Crippen molar-refractivity contribution >= 4 is 11.6 Å². The van der Waals surface area contributed by atoms with E-state index < -0.39 is 0 Å². The highest BCUT2D eigenvalue weighted by Gasteiger charge is 2.49. The van der Waals surface area contributed by atoms with Gasteiger partial charge in [0.1, 0.15) is 11.8 Å². The number of rotatable bonds is 2. The lowest BCUT2D eigenvalue weighted by Crippen LogP contribution is -2.51. The number of furan rings is 1. The summed E-state index contributed by atoms with van der Waals surface area (Å²) in [7, 11) is 2.14. The van der Waals surface area contributed by atoms with Crippen molar-refractivity contribution in [1.29, 1.82) is 0 Å². The number of carbonyl (C=O) groups excluding carboxylic acids is 1. The fraction of sp³-hybridized carbons (Fsp3) is 0.625. The molecule has 0 bridgehead atoms. The predicted molar refractivity (Wildman–Crippen MR) is 80.8 cm³/mol. The maximum absolute atomic E-state index is 12.3. The highest BCUT2D eigenvalue weighted by atomic mass is 16.3. The van der Waals surface area contributed by atoms with Crippen LogP contribution in [0, 0.1) is 11.8 Å². The molecule has 0 spiro atoms. The lowest BCUT2D eigenvalue weighted by molar-refractivity contribution is -0.133. The van der Waals surface area contributed by atoms with E-state index in [1.165, 1.54) is 0 Å². The molecule has 1 fully saturated rings. The summed E-state index contributed by atoms with van der Waals surface area (Å²) in [5, 5.41) is 6.36. The van der Waals surface area contributed by atoms with Gasteiger partial charge in [-0.2, -0.15) is 5.10 Å². The van der Waals surface area contributed by atoms with Crippen LogP contribution >= 0.6 is 0 Å². The summed E-state index contributed by atoms with van der Waals surface area (Å²) in [4.78, 5) is 14.7. The number of nitrogens with zero attached hydrogens (tertiary/aromatic N) is 3. The molecule has 5 nitrogen and oxygen atoms in total. The number of hydrogen-bond acceptors (Lipinski definition) is 4. The summed E-state index contributed by atoms with van der Waals surface area (Å²) < 4.78 is 5.62. The van der Waals surface area contributed by atoms with E-state index in [0.717, 1.165) is 18.0 Å². The summed E-state index contributed by atoms with van der Waals surface area (Å²) >= 11 is 0. The van der Waals surface area contributed by atoms with E-state index in [1.807, 2.05) is 19.1 Å². The molecule has 0 unspecified atom stereocenters. The Balaban J connectivity index is 2.04. The quantitative estimate of drug-likeness (QED) is 0.840. The maximum Gasteiger partial charge on any atom is 0.243 e. The Hall–Kier alpha value is -1.62. The van der Waals surface area contributed by atoms with E-state index in [0.29, 0.717) is 18.4 Å². The highest BCUT2D eigenvalue weighted by Crippen LogP contribution is 2.43. The fourth-order valence-electron chi connectivity index (χ4n) is 3.60. The zero-order chi connectivity index (χ0) is 15.1. The van der Waals surface area contributed by atoms with E-state index in [4.69, 9.17) is 9.52 Å². The van der Waals surface area contributed by atoms with Crippen LogP contribution in [0.3, 0.4) is 0 Å². The van der Waals surface area contributed by atoms with Crippen molar-refractivity contribution in [3.05, 3.63) is 24.2 Å². The van der Waals surface area contributed by atoms with Gasteiger partial charge in [-0.05, 0) is 26.1 Å². The summed E-state index contributed by atoms with van der Waals surface area (Å²) in [6.45, 7) is 7.26. The number of likely N-dealkylation sites (tertiary alicyclic amines) is 1. The number of hydrogen-bond donors (Lipinski definition) is 0. The molecule has 0 saturated carbocycles. The molecule has 0 aliphatic carbocycles.